The summed E-state index contributed by atoms with van der Waals surface area (Å²) in [6.45, 7) is 6.19. The van der Waals surface area contributed by atoms with E-state index in [1.54, 1.807) is 11.3 Å². The molecule has 0 amide bonds. The average molecular weight is 296 g/mol. The second-order valence-corrected chi connectivity index (χ2v) is 6.40. The first-order valence-corrected chi connectivity index (χ1v) is 7.35. The number of hydrogen-bond donors (Lipinski definition) is 2. The Morgan fingerprint density at radius 1 is 1.37 bits per heavy atom. The minimum Gasteiger partial charge on any atom is -0.271 e. The van der Waals surface area contributed by atoms with Gasteiger partial charge in [0, 0.05) is 16.3 Å². The highest BCUT2D eigenvalue weighted by molar-refractivity contribution is 7.11. The van der Waals surface area contributed by atoms with Crippen molar-refractivity contribution in [3.05, 3.63) is 49.9 Å². The lowest BCUT2D eigenvalue weighted by Crippen LogP contribution is -2.30. The van der Waals surface area contributed by atoms with Gasteiger partial charge in [0.1, 0.15) is 0 Å². The van der Waals surface area contributed by atoms with Crippen LogP contribution >= 0.6 is 22.9 Å². The lowest BCUT2D eigenvalue weighted by Gasteiger charge is -2.17. The van der Waals surface area contributed by atoms with E-state index in [1.807, 2.05) is 25.1 Å². The molecule has 0 radical (unpaired) electrons. The minimum absolute atomic E-state index is 0.0312. The van der Waals surface area contributed by atoms with Crippen LogP contribution in [0.1, 0.15) is 32.7 Å². The van der Waals surface area contributed by atoms with Gasteiger partial charge in [-0.2, -0.15) is 0 Å². The third kappa shape index (κ3) is 3.34. The maximum absolute atomic E-state index is 6.07. The van der Waals surface area contributed by atoms with Crippen LogP contribution in [0, 0.1) is 20.8 Å². The fourth-order valence-corrected chi connectivity index (χ4v) is 3.21. The summed E-state index contributed by atoms with van der Waals surface area (Å²) in [7, 11) is 0. The van der Waals surface area contributed by atoms with E-state index in [9.17, 15) is 0 Å². The van der Waals surface area contributed by atoms with E-state index in [0.717, 1.165) is 27.7 Å². The number of nitrogens with one attached hydrogen (secondary N) is 1. The molecule has 19 heavy (non-hydrogen) atoms. The molecular formula is C14H18ClN3S. The molecule has 102 valence electrons. The van der Waals surface area contributed by atoms with E-state index >= 15 is 0 Å². The van der Waals surface area contributed by atoms with Gasteiger partial charge in [-0.1, -0.05) is 17.7 Å². The van der Waals surface area contributed by atoms with Crippen molar-refractivity contribution < 1.29 is 0 Å². The van der Waals surface area contributed by atoms with Crippen molar-refractivity contribution in [2.75, 3.05) is 0 Å². The van der Waals surface area contributed by atoms with E-state index in [0.29, 0.717) is 0 Å². The summed E-state index contributed by atoms with van der Waals surface area (Å²) in [5.74, 6) is 5.70. The quantitative estimate of drug-likeness (QED) is 0.671. The smallest absolute Gasteiger partial charge is 0.0950 e. The van der Waals surface area contributed by atoms with Crippen molar-refractivity contribution in [3.63, 3.8) is 0 Å². The molecule has 1 heterocycles. The zero-order valence-electron chi connectivity index (χ0n) is 11.3. The Morgan fingerprint density at radius 2 is 2.11 bits per heavy atom. The van der Waals surface area contributed by atoms with Crippen LogP contribution < -0.4 is 11.3 Å². The zero-order chi connectivity index (χ0) is 14.0. The number of aryl methyl sites for hydroxylation is 3. The van der Waals surface area contributed by atoms with Crippen molar-refractivity contribution in [3.8, 4) is 0 Å². The van der Waals surface area contributed by atoms with Crippen LogP contribution in [0.2, 0.25) is 5.02 Å². The van der Waals surface area contributed by atoms with Crippen LogP contribution in [-0.2, 0) is 6.42 Å². The minimum atomic E-state index is 0.0312. The highest BCUT2D eigenvalue weighted by Gasteiger charge is 2.16. The SMILES string of the molecule is Cc1ccc(Cl)cc1C(Cc1nc(C)c(C)s1)NN. The van der Waals surface area contributed by atoms with Gasteiger partial charge in [0.15, 0.2) is 0 Å². The van der Waals surface area contributed by atoms with Gasteiger partial charge < -0.3 is 0 Å². The second-order valence-electron chi connectivity index (χ2n) is 4.67. The summed E-state index contributed by atoms with van der Waals surface area (Å²) in [4.78, 5) is 5.82. The third-order valence-corrected chi connectivity index (χ3v) is 4.60. The summed E-state index contributed by atoms with van der Waals surface area (Å²) in [6, 6.07) is 5.91. The van der Waals surface area contributed by atoms with Crippen molar-refractivity contribution in [1.82, 2.24) is 10.4 Å². The zero-order valence-corrected chi connectivity index (χ0v) is 12.9. The summed E-state index contributed by atoms with van der Waals surface area (Å²) >= 11 is 7.79. The van der Waals surface area contributed by atoms with Gasteiger partial charge in [-0.3, -0.25) is 11.3 Å². The fraction of sp³-hybridized carbons (Fsp3) is 0.357. The number of aromatic nitrogens is 1. The molecule has 2 aromatic rings. The molecular weight excluding hydrogens is 278 g/mol. The van der Waals surface area contributed by atoms with Gasteiger partial charge in [0.2, 0.25) is 0 Å². The van der Waals surface area contributed by atoms with Crippen LogP contribution in [-0.4, -0.2) is 4.98 Å². The number of hydrogen-bond acceptors (Lipinski definition) is 4. The van der Waals surface area contributed by atoms with Crippen LogP contribution in [0.3, 0.4) is 0 Å². The number of hydrazine groups is 1. The molecule has 0 aliphatic carbocycles. The molecule has 1 unspecified atom stereocenters. The van der Waals surface area contributed by atoms with Crippen LogP contribution in [0.15, 0.2) is 18.2 Å². The Hall–Kier alpha value is -0.940. The van der Waals surface area contributed by atoms with Gasteiger partial charge in [-0.15, -0.1) is 11.3 Å². The van der Waals surface area contributed by atoms with E-state index in [2.05, 4.69) is 24.3 Å². The molecule has 3 N–H and O–H groups in total. The van der Waals surface area contributed by atoms with Crippen molar-refractivity contribution in [2.45, 2.75) is 33.2 Å². The molecule has 0 spiro atoms. The molecule has 0 aliphatic rings. The molecule has 2 rings (SSSR count). The highest BCUT2D eigenvalue weighted by Crippen LogP contribution is 2.26. The average Bonchev–Trinajstić information content (AvgIpc) is 2.69. The number of nitrogens with two attached hydrogens (primary N) is 1. The van der Waals surface area contributed by atoms with Crippen LogP contribution in [0.5, 0.6) is 0 Å². The number of nitrogens with zero attached hydrogens (tertiary/aromatic N) is 1. The predicted molar refractivity (Wildman–Crippen MR) is 81.5 cm³/mol. The predicted octanol–water partition coefficient (Wildman–Crippen LogP) is 3.47. The Balaban J connectivity index is 2.27. The highest BCUT2D eigenvalue weighted by atomic mass is 35.5. The van der Waals surface area contributed by atoms with E-state index in [4.69, 9.17) is 17.4 Å². The van der Waals surface area contributed by atoms with Gasteiger partial charge in [-0.05, 0) is 44.0 Å². The molecule has 0 bridgehead atoms. The molecule has 0 saturated carbocycles. The summed E-state index contributed by atoms with van der Waals surface area (Å²) in [5.41, 5.74) is 6.27. The van der Waals surface area contributed by atoms with Crippen molar-refractivity contribution in [2.24, 2.45) is 5.84 Å². The molecule has 0 fully saturated rings. The first-order chi connectivity index (χ1) is 9.01. The Kier molecular flexibility index (Phi) is 4.58. The third-order valence-electron chi connectivity index (χ3n) is 3.27. The van der Waals surface area contributed by atoms with Crippen LogP contribution in [0.4, 0.5) is 0 Å². The van der Waals surface area contributed by atoms with Gasteiger partial charge in [0.05, 0.1) is 16.7 Å². The summed E-state index contributed by atoms with van der Waals surface area (Å²) < 4.78 is 0. The fourth-order valence-electron chi connectivity index (χ4n) is 2.05. The number of halogens is 1. The van der Waals surface area contributed by atoms with E-state index < -0.39 is 0 Å². The lowest BCUT2D eigenvalue weighted by atomic mass is 9.99. The second kappa shape index (κ2) is 6.01. The largest absolute Gasteiger partial charge is 0.271 e. The summed E-state index contributed by atoms with van der Waals surface area (Å²) in [6.07, 6.45) is 0.775. The Morgan fingerprint density at radius 3 is 2.68 bits per heavy atom. The van der Waals surface area contributed by atoms with Gasteiger partial charge in [-0.25, -0.2) is 4.98 Å². The molecule has 1 atom stereocenters. The van der Waals surface area contributed by atoms with Crippen molar-refractivity contribution in [1.29, 1.82) is 0 Å². The summed E-state index contributed by atoms with van der Waals surface area (Å²) in [5, 5.41) is 1.82. The van der Waals surface area contributed by atoms with Gasteiger partial charge in [0.25, 0.3) is 0 Å². The maximum atomic E-state index is 6.07. The first-order valence-electron chi connectivity index (χ1n) is 6.16. The number of benzene rings is 1. The lowest BCUT2D eigenvalue weighted by molar-refractivity contribution is 0.548. The normalized spacial score (nSPS) is 12.7. The molecule has 1 aromatic carbocycles. The van der Waals surface area contributed by atoms with E-state index in [1.165, 1.54) is 10.4 Å². The Bertz CT molecular complexity index is 561. The van der Waals surface area contributed by atoms with Crippen molar-refractivity contribution >= 4 is 22.9 Å². The maximum Gasteiger partial charge on any atom is 0.0950 e. The topological polar surface area (TPSA) is 50.9 Å². The monoisotopic (exact) mass is 295 g/mol. The molecule has 1 aromatic heterocycles. The standard InChI is InChI=1S/C14H18ClN3S/c1-8-4-5-11(15)6-12(8)13(18-16)7-14-17-9(2)10(3)19-14/h4-6,13,18H,7,16H2,1-3H3. The number of thiazole rings is 1. The van der Waals surface area contributed by atoms with E-state index in [-0.39, 0.29) is 6.04 Å². The van der Waals surface area contributed by atoms with Gasteiger partial charge >= 0.3 is 0 Å². The first kappa shape index (κ1) is 14.5. The molecule has 0 aliphatic heterocycles. The van der Waals surface area contributed by atoms with Crippen LogP contribution in [0.25, 0.3) is 0 Å². The molecule has 0 saturated heterocycles. The Labute approximate surface area is 122 Å². The molecule has 3 nitrogen and oxygen atoms in total. The number of rotatable bonds is 4. The molecule has 5 heteroatoms.